The summed E-state index contributed by atoms with van der Waals surface area (Å²) in [7, 11) is 0. The molecule has 2 saturated carbocycles. The molecule has 3 aliphatic rings. The molecule has 0 heterocycles. The highest BCUT2D eigenvalue weighted by molar-refractivity contribution is 5.97. The van der Waals surface area contributed by atoms with Crippen LogP contribution in [0.1, 0.15) is 73.3 Å². The molecule has 1 aromatic carbocycles. The minimum atomic E-state index is -1.08. The van der Waals surface area contributed by atoms with Gasteiger partial charge in [-0.3, -0.25) is 19.2 Å². The second-order valence-corrected chi connectivity index (χ2v) is 12.9. The second-order valence-electron chi connectivity index (χ2n) is 12.9. The summed E-state index contributed by atoms with van der Waals surface area (Å²) in [4.78, 5) is 64.4. The molecule has 2 bridgehead atoms. The molecule has 9 nitrogen and oxygen atoms in total. The second kappa shape index (κ2) is 12.5. The standard InChI is InChI=1S/C35H42O9/c1-19-26(39)18-25-31(41-21(3)36)30-20(2)27(44-28(40)15-14-24-12-10-9-11-13-24)16-17-35(30,8)33(43-23(5)38)32(42-22(4)37)29(19)34(25,6)7/h9-15,25,27,30-33H,2,16-18H2,1,3-8H3/b15-14+. The van der Waals surface area contributed by atoms with E-state index in [-0.39, 0.29) is 12.2 Å². The number of esters is 4. The van der Waals surface area contributed by atoms with Gasteiger partial charge < -0.3 is 18.9 Å². The molecular weight excluding hydrogens is 564 g/mol. The molecule has 44 heavy (non-hydrogen) atoms. The number of ketones is 1. The van der Waals surface area contributed by atoms with Gasteiger partial charge in [-0.1, -0.05) is 57.7 Å². The highest BCUT2D eigenvalue weighted by atomic mass is 16.6. The van der Waals surface area contributed by atoms with Crippen LogP contribution < -0.4 is 0 Å². The van der Waals surface area contributed by atoms with Crippen LogP contribution in [0.5, 0.6) is 0 Å². The van der Waals surface area contributed by atoms with Gasteiger partial charge in [0.05, 0.1) is 0 Å². The number of benzene rings is 1. The molecule has 0 aliphatic heterocycles. The van der Waals surface area contributed by atoms with E-state index in [4.69, 9.17) is 18.9 Å². The molecule has 0 spiro atoms. The number of carbonyl (C=O) groups excluding carboxylic acids is 5. The van der Waals surface area contributed by atoms with Gasteiger partial charge in [0.15, 0.2) is 11.9 Å². The largest absolute Gasteiger partial charge is 0.462 e. The van der Waals surface area contributed by atoms with Gasteiger partial charge in [-0.2, -0.15) is 0 Å². The van der Waals surface area contributed by atoms with Crippen molar-refractivity contribution in [3.63, 3.8) is 0 Å². The van der Waals surface area contributed by atoms with E-state index in [1.807, 2.05) is 51.1 Å². The Hall–Kier alpha value is -4.01. The topological polar surface area (TPSA) is 122 Å². The fourth-order valence-corrected chi connectivity index (χ4v) is 7.65. The lowest BCUT2D eigenvalue weighted by Crippen LogP contribution is -2.64. The van der Waals surface area contributed by atoms with Gasteiger partial charge in [0, 0.05) is 50.5 Å². The van der Waals surface area contributed by atoms with Crippen LogP contribution in [0.25, 0.3) is 6.08 Å². The zero-order valence-corrected chi connectivity index (χ0v) is 26.5. The summed E-state index contributed by atoms with van der Waals surface area (Å²) in [6, 6.07) is 9.32. The van der Waals surface area contributed by atoms with E-state index < -0.39 is 71.0 Å². The molecule has 1 aromatic rings. The van der Waals surface area contributed by atoms with Crippen molar-refractivity contribution in [3.8, 4) is 0 Å². The predicted molar refractivity (Wildman–Crippen MR) is 162 cm³/mol. The third-order valence-electron chi connectivity index (χ3n) is 9.61. The Morgan fingerprint density at radius 2 is 1.52 bits per heavy atom. The lowest BCUT2D eigenvalue weighted by Gasteiger charge is -2.59. The molecule has 0 aromatic heterocycles. The van der Waals surface area contributed by atoms with E-state index in [0.29, 0.717) is 29.6 Å². The van der Waals surface area contributed by atoms with E-state index >= 15 is 0 Å². The highest BCUT2D eigenvalue weighted by Crippen LogP contribution is 2.60. The molecule has 3 aliphatic carbocycles. The third kappa shape index (κ3) is 6.28. The minimum absolute atomic E-state index is 0.0788. The number of hydrogen-bond acceptors (Lipinski definition) is 9. The summed E-state index contributed by atoms with van der Waals surface area (Å²) < 4.78 is 24.0. The Morgan fingerprint density at radius 1 is 0.909 bits per heavy atom. The first-order chi connectivity index (χ1) is 20.6. The van der Waals surface area contributed by atoms with Crippen molar-refractivity contribution in [2.45, 2.75) is 92.1 Å². The van der Waals surface area contributed by atoms with Crippen molar-refractivity contribution in [3.05, 3.63) is 65.3 Å². The van der Waals surface area contributed by atoms with Gasteiger partial charge in [0.25, 0.3) is 0 Å². The van der Waals surface area contributed by atoms with Crippen LogP contribution in [0.4, 0.5) is 0 Å². The SMILES string of the molecule is C=C1C(OC(=O)/C=C/c2ccccc2)CCC2(C)C(OC(C)=O)C(OC(C)=O)C3=C(C)C(=O)CC(C(OC(C)=O)C12)C3(C)C. The lowest BCUT2D eigenvalue weighted by atomic mass is 9.49. The van der Waals surface area contributed by atoms with Crippen molar-refractivity contribution in [1.82, 2.24) is 0 Å². The molecule has 2 fully saturated rings. The number of ether oxygens (including phenoxy) is 4. The number of hydrogen-bond donors (Lipinski definition) is 0. The summed E-state index contributed by atoms with van der Waals surface area (Å²) in [6.07, 6.45) is -0.0137. The maximum absolute atomic E-state index is 13.5. The molecule has 0 saturated heterocycles. The number of carbonyl (C=O) groups is 5. The van der Waals surface area contributed by atoms with Crippen LogP contribution in [0, 0.1) is 22.7 Å². The van der Waals surface area contributed by atoms with Crippen molar-refractivity contribution in [2.75, 3.05) is 0 Å². The zero-order valence-electron chi connectivity index (χ0n) is 26.5. The summed E-state index contributed by atoms with van der Waals surface area (Å²) in [5.41, 5.74) is 0.459. The normalized spacial score (nSPS) is 31.3. The monoisotopic (exact) mass is 606 g/mol. The van der Waals surface area contributed by atoms with E-state index in [1.54, 1.807) is 13.0 Å². The molecule has 0 N–H and O–H groups in total. The smallest absolute Gasteiger partial charge is 0.331 e. The molecule has 7 unspecified atom stereocenters. The van der Waals surface area contributed by atoms with Crippen LogP contribution in [-0.2, 0) is 42.9 Å². The van der Waals surface area contributed by atoms with Crippen LogP contribution in [-0.4, -0.2) is 54.1 Å². The average molecular weight is 607 g/mol. The van der Waals surface area contributed by atoms with Gasteiger partial charge in [-0.25, -0.2) is 4.79 Å². The van der Waals surface area contributed by atoms with Crippen molar-refractivity contribution >= 4 is 35.7 Å². The first-order valence-corrected chi connectivity index (χ1v) is 15.0. The van der Waals surface area contributed by atoms with Gasteiger partial charge in [0.1, 0.15) is 18.3 Å². The van der Waals surface area contributed by atoms with Crippen molar-refractivity contribution in [2.24, 2.45) is 22.7 Å². The Balaban J connectivity index is 1.86. The number of Topliss-reactive ketones (excluding diaryl/α,β-unsaturated/α-hetero) is 1. The van der Waals surface area contributed by atoms with Crippen LogP contribution in [0.3, 0.4) is 0 Å². The number of allylic oxidation sites excluding steroid dienone is 1. The fourth-order valence-electron chi connectivity index (χ4n) is 7.65. The van der Waals surface area contributed by atoms with Gasteiger partial charge in [-0.15, -0.1) is 0 Å². The summed E-state index contributed by atoms with van der Waals surface area (Å²) in [5, 5.41) is 0. The predicted octanol–water partition coefficient (Wildman–Crippen LogP) is 5.32. The lowest BCUT2D eigenvalue weighted by molar-refractivity contribution is -0.202. The van der Waals surface area contributed by atoms with Gasteiger partial charge >= 0.3 is 23.9 Å². The average Bonchev–Trinajstić information content (AvgIpc) is 2.93. The van der Waals surface area contributed by atoms with E-state index in [0.717, 1.165) is 5.56 Å². The number of rotatable bonds is 6. The first-order valence-electron chi connectivity index (χ1n) is 15.0. The van der Waals surface area contributed by atoms with Gasteiger partial charge in [-0.05, 0) is 53.5 Å². The van der Waals surface area contributed by atoms with Gasteiger partial charge in [0.2, 0.25) is 0 Å². The first kappa shape index (κ1) is 32.9. The Labute approximate surface area is 258 Å². The summed E-state index contributed by atoms with van der Waals surface area (Å²) in [5.74, 6) is -3.76. The van der Waals surface area contributed by atoms with Crippen molar-refractivity contribution < 1.29 is 42.9 Å². The van der Waals surface area contributed by atoms with E-state index in [1.165, 1.54) is 26.8 Å². The van der Waals surface area contributed by atoms with E-state index in [9.17, 15) is 24.0 Å². The Morgan fingerprint density at radius 3 is 2.11 bits per heavy atom. The molecule has 236 valence electrons. The maximum Gasteiger partial charge on any atom is 0.331 e. The quantitative estimate of drug-likeness (QED) is 0.183. The molecule has 0 radical (unpaired) electrons. The number of fused-ring (bicyclic) bond motifs is 3. The summed E-state index contributed by atoms with van der Waals surface area (Å²) >= 11 is 0. The maximum atomic E-state index is 13.5. The Bertz CT molecular complexity index is 1420. The molecule has 7 atom stereocenters. The van der Waals surface area contributed by atoms with Crippen LogP contribution >= 0.6 is 0 Å². The summed E-state index contributed by atoms with van der Waals surface area (Å²) in [6.45, 7) is 15.6. The zero-order chi connectivity index (χ0) is 32.6. The third-order valence-corrected chi connectivity index (χ3v) is 9.61. The van der Waals surface area contributed by atoms with E-state index in [2.05, 4.69) is 6.58 Å². The van der Waals surface area contributed by atoms with Crippen LogP contribution in [0.2, 0.25) is 0 Å². The Kier molecular flexibility index (Phi) is 9.37. The molecule has 0 amide bonds. The molecule has 9 heteroatoms. The van der Waals surface area contributed by atoms with Crippen LogP contribution in [0.15, 0.2) is 59.7 Å². The van der Waals surface area contributed by atoms with Crippen molar-refractivity contribution in [1.29, 1.82) is 0 Å². The fraction of sp³-hybridized carbons (Fsp3) is 0.514. The minimum Gasteiger partial charge on any atom is -0.462 e. The molecular formula is C35H42O9. The molecule has 4 rings (SSSR count). The highest BCUT2D eigenvalue weighted by Gasteiger charge is 2.64.